The van der Waals surface area contributed by atoms with Crippen LogP contribution >= 0.6 is 0 Å². The fourth-order valence-corrected chi connectivity index (χ4v) is 8.81. The van der Waals surface area contributed by atoms with E-state index in [0.29, 0.717) is 24.9 Å². The molecule has 0 radical (unpaired) electrons. The third-order valence-electron chi connectivity index (χ3n) is 10.9. The maximum atomic E-state index is 13.0. The number of ether oxygens (including phenoxy) is 2. The Hall–Kier alpha value is -4.60. The van der Waals surface area contributed by atoms with E-state index in [1.807, 2.05) is 58.8 Å². The van der Waals surface area contributed by atoms with Crippen molar-refractivity contribution in [1.82, 2.24) is 29.7 Å². The Kier molecular flexibility index (Phi) is 8.26. The molecule has 2 aromatic heterocycles. The normalized spacial score (nSPS) is 22.9. The van der Waals surface area contributed by atoms with Gasteiger partial charge in [0.25, 0.3) is 0 Å². The summed E-state index contributed by atoms with van der Waals surface area (Å²) in [5.74, 6) is 2.75. The number of aromatic amines is 2. The number of rotatable bonds is 5. The second-order valence-corrected chi connectivity index (χ2v) is 16.8. The average Bonchev–Trinajstić information content (AvgIpc) is 3.93. The first-order valence-electron chi connectivity index (χ1n) is 18.7. The van der Waals surface area contributed by atoms with E-state index in [2.05, 4.69) is 46.4 Å². The molecule has 268 valence electrons. The zero-order chi connectivity index (χ0) is 35.7. The highest BCUT2D eigenvalue weighted by Gasteiger charge is 2.41. The van der Waals surface area contributed by atoms with Crippen molar-refractivity contribution in [3.05, 3.63) is 71.6 Å². The Labute approximate surface area is 300 Å². The third-order valence-corrected chi connectivity index (χ3v) is 10.9. The van der Waals surface area contributed by atoms with Crippen LogP contribution in [-0.4, -0.2) is 66.2 Å². The number of hydrogen-bond donors (Lipinski definition) is 2. The van der Waals surface area contributed by atoms with Gasteiger partial charge in [-0.1, -0.05) is 36.4 Å². The quantitative estimate of drug-likeness (QED) is 0.215. The van der Waals surface area contributed by atoms with Crippen LogP contribution in [0.25, 0.3) is 33.6 Å². The van der Waals surface area contributed by atoms with Crippen LogP contribution in [-0.2, 0) is 9.47 Å². The second-order valence-electron chi connectivity index (χ2n) is 16.8. The molecule has 4 heterocycles. The molecular weight excluding hydrogens is 640 g/mol. The largest absolute Gasteiger partial charge is 0.444 e. The molecule has 3 fully saturated rings. The number of amides is 2. The number of carbonyl (C=O) groups is 2. The van der Waals surface area contributed by atoms with Gasteiger partial charge in [-0.15, -0.1) is 0 Å². The molecule has 2 saturated heterocycles. The molecule has 2 bridgehead atoms. The molecule has 4 aromatic rings. The lowest BCUT2D eigenvalue weighted by Gasteiger charge is -2.27. The number of benzene rings is 2. The number of fused-ring (bicyclic) bond motifs is 5. The SMILES string of the molecule is CC(C)(C)OC(=O)N1CCCC1c1ncc(-c2ccc(-c3ccc(-c4cnc(C5CCCN5C(=O)OC(C)(C)C)[nH]4)c4c3C3CCC4C3)cc2)[nH]1. The van der Waals surface area contributed by atoms with Gasteiger partial charge in [0.05, 0.1) is 35.9 Å². The fourth-order valence-electron chi connectivity index (χ4n) is 8.81. The van der Waals surface area contributed by atoms with Gasteiger partial charge < -0.3 is 19.4 Å². The van der Waals surface area contributed by atoms with Crippen LogP contribution in [0.3, 0.4) is 0 Å². The number of aromatic nitrogens is 4. The topological polar surface area (TPSA) is 116 Å². The molecule has 2 aliphatic heterocycles. The summed E-state index contributed by atoms with van der Waals surface area (Å²) in [4.78, 5) is 46.2. The zero-order valence-electron chi connectivity index (χ0n) is 30.7. The summed E-state index contributed by atoms with van der Waals surface area (Å²) in [7, 11) is 0. The van der Waals surface area contributed by atoms with Crippen LogP contribution in [0.15, 0.2) is 48.8 Å². The van der Waals surface area contributed by atoms with Crippen LogP contribution in [0, 0.1) is 0 Å². The smallest absolute Gasteiger partial charge is 0.410 e. The first-order chi connectivity index (χ1) is 24.3. The zero-order valence-corrected chi connectivity index (χ0v) is 30.7. The molecule has 4 aliphatic rings. The van der Waals surface area contributed by atoms with Crippen molar-refractivity contribution in [2.24, 2.45) is 0 Å². The van der Waals surface area contributed by atoms with Crippen molar-refractivity contribution >= 4 is 12.2 Å². The van der Waals surface area contributed by atoms with E-state index < -0.39 is 11.2 Å². The van der Waals surface area contributed by atoms with Crippen molar-refractivity contribution in [2.45, 2.75) is 122 Å². The molecule has 10 heteroatoms. The predicted molar refractivity (Wildman–Crippen MR) is 196 cm³/mol. The number of nitrogens with one attached hydrogen (secondary N) is 2. The Bertz CT molecular complexity index is 1950. The first kappa shape index (κ1) is 33.5. The van der Waals surface area contributed by atoms with Crippen molar-refractivity contribution in [2.75, 3.05) is 13.1 Å². The molecule has 4 atom stereocenters. The van der Waals surface area contributed by atoms with E-state index in [9.17, 15) is 9.59 Å². The minimum Gasteiger partial charge on any atom is -0.444 e. The molecule has 51 heavy (non-hydrogen) atoms. The van der Waals surface area contributed by atoms with Gasteiger partial charge in [0.15, 0.2) is 0 Å². The van der Waals surface area contributed by atoms with E-state index in [-0.39, 0.29) is 24.3 Å². The van der Waals surface area contributed by atoms with Gasteiger partial charge in [0.1, 0.15) is 22.9 Å². The van der Waals surface area contributed by atoms with E-state index in [1.54, 1.807) is 4.90 Å². The molecule has 8 rings (SSSR count). The molecule has 2 aliphatic carbocycles. The molecule has 2 N–H and O–H groups in total. The van der Waals surface area contributed by atoms with E-state index in [1.165, 1.54) is 47.1 Å². The third kappa shape index (κ3) is 6.42. The van der Waals surface area contributed by atoms with Gasteiger partial charge in [-0.2, -0.15) is 0 Å². The fraction of sp³-hybridized carbons (Fsp3) is 0.512. The van der Waals surface area contributed by atoms with Gasteiger partial charge in [-0.25, -0.2) is 19.6 Å². The highest BCUT2D eigenvalue weighted by atomic mass is 16.6. The Morgan fingerprint density at radius 1 is 0.647 bits per heavy atom. The molecule has 4 unspecified atom stereocenters. The minimum absolute atomic E-state index is 0.107. The van der Waals surface area contributed by atoms with Crippen LogP contribution in [0.4, 0.5) is 9.59 Å². The molecule has 1 saturated carbocycles. The molecule has 2 aromatic carbocycles. The maximum Gasteiger partial charge on any atom is 0.410 e. The monoisotopic (exact) mass is 690 g/mol. The van der Waals surface area contributed by atoms with E-state index >= 15 is 0 Å². The first-order valence-corrected chi connectivity index (χ1v) is 18.7. The lowest BCUT2D eigenvalue weighted by Crippen LogP contribution is -2.36. The van der Waals surface area contributed by atoms with Crippen molar-refractivity contribution in [3.63, 3.8) is 0 Å². The Morgan fingerprint density at radius 3 is 1.67 bits per heavy atom. The van der Waals surface area contributed by atoms with Crippen LogP contribution in [0.5, 0.6) is 0 Å². The highest BCUT2D eigenvalue weighted by molar-refractivity contribution is 5.80. The van der Waals surface area contributed by atoms with Crippen molar-refractivity contribution < 1.29 is 19.1 Å². The average molecular weight is 691 g/mol. The Morgan fingerprint density at radius 2 is 1.12 bits per heavy atom. The maximum absolute atomic E-state index is 13.0. The predicted octanol–water partition coefficient (Wildman–Crippen LogP) is 9.64. The van der Waals surface area contributed by atoms with Gasteiger partial charge in [-0.05, 0) is 126 Å². The summed E-state index contributed by atoms with van der Waals surface area (Å²) >= 11 is 0. The lowest BCUT2D eigenvalue weighted by molar-refractivity contribution is 0.0208. The number of carbonyl (C=O) groups excluding carboxylic acids is 2. The van der Waals surface area contributed by atoms with Crippen LogP contribution in [0.2, 0.25) is 0 Å². The summed E-state index contributed by atoms with van der Waals surface area (Å²) < 4.78 is 11.4. The molecular formula is C41H50N6O4. The highest BCUT2D eigenvalue weighted by Crippen LogP contribution is 2.58. The minimum atomic E-state index is -0.537. The number of imidazole rings is 2. The molecule has 0 spiro atoms. The molecule has 2 amide bonds. The number of H-pyrrole nitrogens is 2. The van der Waals surface area contributed by atoms with Gasteiger partial charge in [0, 0.05) is 18.7 Å². The van der Waals surface area contributed by atoms with Crippen LogP contribution < -0.4 is 0 Å². The summed E-state index contributed by atoms with van der Waals surface area (Å²) in [5.41, 5.74) is 8.65. The number of nitrogens with zero attached hydrogens (tertiary/aromatic N) is 4. The van der Waals surface area contributed by atoms with E-state index in [0.717, 1.165) is 54.3 Å². The van der Waals surface area contributed by atoms with Crippen molar-refractivity contribution in [3.8, 4) is 33.6 Å². The van der Waals surface area contributed by atoms with Gasteiger partial charge in [-0.3, -0.25) is 9.80 Å². The number of hydrogen-bond acceptors (Lipinski definition) is 6. The van der Waals surface area contributed by atoms with Gasteiger partial charge in [0.2, 0.25) is 0 Å². The summed E-state index contributed by atoms with van der Waals surface area (Å²) in [6.07, 6.45) is 10.5. The number of likely N-dealkylation sites (tertiary alicyclic amines) is 2. The summed E-state index contributed by atoms with van der Waals surface area (Å²) in [6.45, 7) is 12.8. The standard InChI is InChI=1S/C41H50N6O4/c1-40(2,3)50-38(48)46-19-7-9-32(46)36-42-22-30(44-36)25-13-11-24(12-14-25)28-17-18-29(35-27-16-15-26(21-27)34(28)35)31-23-43-37(45-31)33-10-8-20-47(33)39(49)51-41(4,5)6/h11-14,17-18,22-23,26-27,32-33H,7-10,15-16,19-21H2,1-6H3,(H,42,44)(H,43,45). The summed E-state index contributed by atoms with van der Waals surface area (Å²) in [5, 5.41) is 0. The Balaban J connectivity index is 1.03. The van der Waals surface area contributed by atoms with E-state index in [4.69, 9.17) is 19.4 Å². The lowest BCUT2D eigenvalue weighted by atomic mass is 9.82. The van der Waals surface area contributed by atoms with Gasteiger partial charge >= 0.3 is 12.2 Å². The van der Waals surface area contributed by atoms with Crippen molar-refractivity contribution in [1.29, 1.82) is 0 Å². The summed E-state index contributed by atoms with van der Waals surface area (Å²) in [6, 6.07) is 13.1. The molecule has 10 nitrogen and oxygen atoms in total. The second kappa shape index (κ2) is 12.6. The van der Waals surface area contributed by atoms with Crippen LogP contribution in [0.1, 0.15) is 133 Å².